The lowest BCUT2D eigenvalue weighted by atomic mass is 10.0. The van der Waals surface area contributed by atoms with Crippen LogP contribution in [0.3, 0.4) is 0 Å². The zero-order valence-electron chi connectivity index (χ0n) is 32.6. The van der Waals surface area contributed by atoms with Crippen LogP contribution >= 0.6 is 0 Å². The third kappa shape index (κ3) is 34.8. The Morgan fingerprint density at radius 1 is 0.490 bits per heavy atom. The second kappa shape index (κ2) is 39.4. The highest BCUT2D eigenvalue weighted by atomic mass is 16.3. The van der Waals surface area contributed by atoms with Crippen molar-refractivity contribution in [1.29, 1.82) is 0 Å². The molecule has 0 saturated carbocycles. The summed E-state index contributed by atoms with van der Waals surface area (Å²) >= 11 is 0. The number of aliphatic hydroxyl groups is 3. The van der Waals surface area contributed by atoms with Crippen LogP contribution < -0.4 is 5.32 Å². The van der Waals surface area contributed by atoms with Crippen molar-refractivity contribution in [3.8, 4) is 0 Å². The lowest BCUT2D eigenvalue weighted by Crippen LogP contribution is -2.48. The molecule has 0 aliphatic heterocycles. The van der Waals surface area contributed by atoms with E-state index in [9.17, 15) is 20.1 Å². The fraction of sp³-hybridized carbons (Fsp3) is 0.841. The number of carbonyl (C=O) groups is 1. The number of aliphatic hydroxyl groups excluding tert-OH is 3. The van der Waals surface area contributed by atoms with Gasteiger partial charge in [-0.05, 0) is 57.8 Å². The average molecular weight is 690 g/mol. The van der Waals surface area contributed by atoms with E-state index >= 15 is 0 Å². The lowest BCUT2D eigenvalue weighted by Gasteiger charge is -2.21. The zero-order chi connectivity index (χ0) is 35.9. The number of unbranched alkanes of at least 4 members (excludes halogenated alkanes) is 26. The number of amides is 1. The summed E-state index contributed by atoms with van der Waals surface area (Å²) in [7, 11) is 0. The van der Waals surface area contributed by atoms with Crippen LogP contribution in [0.1, 0.15) is 213 Å². The summed E-state index contributed by atoms with van der Waals surface area (Å²) in [5, 5.41) is 33.0. The third-order valence-corrected chi connectivity index (χ3v) is 9.70. The van der Waals surface area contributed by atoms with Crippen LogP contribution in [-0.2, 0) is 4.79 Å². The van der Waals surface area contributed by atoms with E-state index in [1.807, 2.05) is 6.08 Å². The number of carbonyl (C=O) groups excluding carboxylic acids is 1. The number of hydrogen-bond acceptors (Lipinski definition) is 4. The SMILES string of the molecule is CCCCCCCCCC/C=C/CC/C=C/C(O)C(CO)NC(=O)C(O)CCCCCCCC/C=C\CCCCCCCCCCCCC. The highest BCUT2D eigenvalue weighted by molar-refractivity contribution is 5.80. The van der Waals surface area contributed by atoms with Gasteiger partial charge in [0.2, 0.25) is 5.91 Å². The average Bonchev–Trinajstić information content (AvgIpc) is 3.11. The Balaban J connectivity index is 3.71. The second-order valence-corrected chi connectivity index (χ2v) is 14.5. The summed E-state index contributed by atoms with van der Waals surface area (Å²) in [6.45, 7) is 4.16. The Morgan fingerprint density at radius 3 is 1.24 bits per heavy atom. The second-order valence-electron chi connectivity index (χ2n) is 14.5. The fourth-order valence-corrected chi connectivity index (χ4v) is 6.31. The maximum absolute atomic E-state index is 12.4. The number of rotatable bonds is 38. The molecule has 5 nitrogen and oxygen atoms in total. The molecular weight excluding hydrogens is 606 g/mol. The molecule has 0 rings (SSSR count). The lowest BCUT2D eigenvalue weighted by molar-refractivity contribution is -0.131. The van der Waals surface area contributed by atoms with Gasteiger partial charge in [0.05, 0.1) is 18.8 Å². The number of hydrogen-bond donors (Lipinski definition) is 4. The monoisotopic (exact) mass is 690 g/mol. The first-order chi connectivity index (χ1) is 24.1. The van der Waals surface area contributed by atoms with Crippen molar-refractivity contribution in [2.24, 2.45) is 0 Å². The van der Waals surface area contributed by atoms with Gasteiger partial charge in [0.25, 0.3) is 0 Å². The molecule has 0 aliphatic carbocycles. The van der Waals surface area contributed by atoms with Gasteiger partial charge >= 0.3 is 0 Å². The van der Waals surface area contributed by atoms with E-state index in [1.54, 1.807) is 6.08 Å². The smallest absolute Gasteiger partial charge is 0.249 e. The molecular formula is C44H83NO4. The molecule has 3 unspecified atom stereocenters. The molecule has 0 aromatic carbocycles. The molecule has 0 fully saturated rings. The number of nitrogens with one attached hydrogen (secondary N) is 1. The Hall–Kier alpha value is -1.43. The van der Waals surface area contributed by atoms with Gasteiger partial charge in [-0.1, -0.05) is 192 Å². The highest BCUT2D eigenvalue weighted by Gasteiger charge is 2.22. The molecule has 0 aliphatic rings. The van der Waals surface area contributed by atoms with E-state index in [-0.39, 0.29) is 6.61 Å². The molecule has 0 bridgehead atoms. The molecule has 0 aromatic rings. The van der Waals surface area contributed by atoms with Crippen LogP contribution in [0.5, 0.6) is 0 Å². The van der Waals surface area contributed by atoms with Crippen LogP contribution in [0.15, 0.2) is 36.5 Å². The van der Waals surface area contributed by atoms with Crippen LogP contribution in [0.2, 0.25) is 0 Å². The molecule has 49 heavy (non-hydrogen) atoms. The van der Waals surface area contributed by atoms with E-state index in [2.05, 4.69) is 43.5 Å². The first-order valence-corrected chi connectivity index (χ1v) is 21.3. The number of allylic oxidation sites excluding steroid dienone is 5. The minimum Gasteiger partial charge on any atom is -0.394 e. The predicted octanol–water partition coefficient (Wildman–Crippen LogP) is 12.0. The van der Waals surface area contributed by atoms with Gasteiger partial charge < -0.3 is 20.6 Å². The Bertz CT molecular complexity index is 764. The van der Waals surface area contributed by atoms with E-state index in [0.29, 0.717) is 6.42 Å². The molecule has 3 atom stereocenters. The largest absolute Gasteiger partial charge is 0.394 e. The third-order valence-electron chi connectivity index (χ3n) is 9.70. The molecule has 0 heterocycles. The van der Waals surface area contributed by atoms with Gasteiger partial charge in [-0.3, -0.25) is 4.79 Å². The Morgan fingerprint density at radius 2 is 0.837 bits per heavy atom. The normalized spacial score (nSPS) is 14.0. The van der Waals surface area contributed by atoms with Crippen molar-refractivity contribution in [1.82, 2.24) is 5.32 Å². The summed E-state index contributed by atoms with van der Waals surface area (Å²) < 4.78 is 0. The van der Waals surface area contributed by atoms with Gasteiger partial charge in [0.1, 0.15) is 6.10 Å². The van der Waals surface area contributed by atoms with Crippen molar-refractivity contribution in [3.63, 3.8) is 0 Å². The van der Waals surface area contributed by atoms with Crippen molar-refractivity contribution < 1.29 is 20.1 Å². The van der Waals surface area contributed by atoms with Crippen molar-refractivity contribution >= 4 is 5.91 Å². The van der Waals surface area contributed by atoms with Crippen molar-refractivity contribution in [2.45, 2.75) is 231 Å². The molecule has 0 saturated heterocycles. The summed E-state index contributed by atoms with van der Waals surface area (Å²) in [6, 6.07) is -0.815. The Kier molecular flexibility index (Phi) is 38.2. The van der Waals surface area contributed by atoms with Crippen LogP contribution in [0, 0.1) is 0 Å². The molecule has 0 spiro atoms. The van der Waals surface area contributed by atoms with Crippen LogP contribution in [0.25, 0.3) is 0 Å². The standard InChI is InChI=1S/C44H83NO4/c1-3-5-7-9-11-13-15-17-19-20-21-22-23-24-25-27-29-31-33-35-37-39-43(48)44(49)45-41(40-46)42(47)38-36-34-32-30-28-26-18-16-14-12-10-8-6-4-2/h23-24,28,30,36,38,41-43,46-48H,3-22,25-27,29,31-35,37,39-40H2,1-2H3,(H,45,49)/b24-23-,30-28+,38-36+. The van der Waals surface area contributed by atoms with Gasteiger partial charge in [-0.2, -0.15) is 0 Å². The molecule has 288 valence electrons. The summed E-state index contributed by atoms with van der Waals surface area (Å²) in [4.78, 5) is 12.4. The Labute approximate surface area is 304 Å². The fourth-order valence-electron chi connectivity index (χ4n) is 6.31. The van der Waals surface area contributed by atoms with Crippen molar-refractivity contribution in [2.75, 3.05) is 6.61 Å². The minimum absolute atomic E-state index is 0.378. The van der Waals surface area contributed by atoms with E-state index in [1.165, 1.54) is 154 Å². The first kappa shape index (κ1) is 47.6. The van der Waals surface area contributed by atoms with E-state index in [0.717, 1.165) is 38.5 Å². The summed E-state index contributed by atoms with van der Waals surface area (Å²) in [6.07, 6.45) is 48.9. The predicted molar refractivity (Wildman–Crippen MR) is 213 cm³/mol. The minimum atomic E-state index is -1.11. The zero-order valence-corrected chi connectivity index (χ0v) is 32.6. The molecule has 0 aromatic heterocycles. The highest BCUT2D eigenvalue weighted by Crippen LogP contribution is 2.14. The molecule has 0 radical (unpaired) electrons. The molecule has 4 N–H and O–H groups in total. The van der Waals surface area contributed by atoms with Gasteiger partial charge in [0, 0.05) is 0 Å². The van der Waals surface area contributed by atoms with E-state index in [4.69, 9.17) is 0 Å². The quantitative estimate of drug-likeness (QED) is 0.0384. The van der Waals surface area contributed by atoms with Crippen LogP contribution in [-0.4, -0.2) is 46.1 Å². The van der Waals surface area contributed by atoms with Gasteiger partial charge in [-0.15, -0.1) is 0 Å². The first-order valence-electron chi connectivity index (χ1n) is 21.3. The molecule has 1 amide bonds. The molecule has 5 heteroatoms. The van der Waals surface area contributed by atoms with Crippen LogP contribution in [0.4, 0.5) is 0 Å². The summed E-state index contributed by atoms with van der Waals surface area (Å²) in [5.41, 5.74) is 0. The van der Waals surface area contributed by atoms with Crippen molar-refractivity contribution in [3.05, 3.63) is 36.5 Å². The van der Waals surface area contributed by atoms with Gasteiger partial charge in [0.15, 0.2) is 0 Å². The topological polar surface area (TPSA) is 89.8 Å². The summed E-state index contributed by atoms with van der Waals surface area (Å²) in [5.74, 6) is -0.518. The maximum Gasteiger partial charge on any atom is 0.249 e. The van der Waals surface area contributed by atoms with E-state index < -0.39 is 24.2 Å². The van der Waals surface area contributed by atoms with Gasteiger partial charge in [-0.25, -0.2) is 0 Å². The maximum atomic E-state index is 12.4.